The maximum atomic E-state index is 11.3. The number of hydrogen-bond donors (Lipinski definition) is 2. The topological polar surface area (TPSA) is 78.9 Å². The minimum Gasteiger partial charge on any atom is -0.355 e. The van der Waals surface area contributed by atoms with Crippen LogP contribution in [0, 0.1) is 17.2 Å². The molecule has 0 rings (SSSR count). The van der Waals surface area contributed by atoms with Gasteiger partial charge in [-0.3, -0.25) is 4.79 Å². The number of rotatable bonds is 6. The molecule has 0 aromatic heterocycles. The summed E-state index contributed by atoms with van der Waals surface area (Å²) in [7, 11) is 0. The van der Waals surface area contributed by atoms with Gasteiger partial charge in [0.25, 0.3) is 0 Å². The average Bonchev–Trinajstić information content (AvgIpc) is 2.16. The third kappa shape index (κ3) is 5.55. The second-order valence-corrected chi connectivity index (χ2v) is 3.68. The number of nitrogens with zero attached hydrogens (tertiary/aromatic N) is 1. The van der Waals surface area contributed by atoms with Gasteiger partial charge in [0.1, 0.15) is 0 Å². The molecule has 0 saturated carbocycles. The Hall–Kier alpha value is -1.08. The van der Waals surface area contributed by atoms with Gasteiger partial charge in [0.05, 0.1) is 12.1 Å². The fraction of sp³-hybridized carbons (Fsp3) is 0.800. The third-order valence-electron chi connectivity index (χ3n) is 2.04. The first kappa shape index (κ1) is 12.9. The minimum absolute atomic E-state index is 0.100. The summed E-state index contributed by atoms with van der Waals surface area (Å²) in [6.07, 6.45) is 2.21. The van der Waals surface area contributed by atoms with E-state index in [1.807, 2.05) is 13.8 Å². The zero-order valence-electron chi connectivity index (χ0n) is 8.92. The molecule has 1 amide bonds. The van der Waals surface area contributed by atoms with E-state index in [1.165, 1.54) is 0 Å². The number of unbranched alkanes of at least 4 members (excludes halogenated alkanes) is 2. The summed E-state index contributed by atoms with van der Waals surface area (Å²) in [6, 6.07) is 1.63. The first-order valence-electron chi connectivity index (χ1n) is 4.99. The van der Waals surface area contributed by atoms with Gasteiger partial charge in [-0.05, 0) is 18.8 Å². The SMILES string of the molecule is CC(C)C(N)C(=O)NCCCCC#N. The van der Waals surface area contributed by atoms with Crippen LogP contribution in [0.5, 0.6) is 0 Å². The van der Waals surface area contributed by atoms with Gasteiger partial charge in [-0.1, -0.05) is 13.8 Å². The number of nitriles is 1. The Balaban J connectivity index is 3.50. The number of nitrogens with two attached hydrogens (primary N) is 1. The fourth-order valence-electron chi connectivity index (χ4n) is 0.961. The maximum absolute atomic E-state index is 11.3. The summed E-state index contributed by atoms with van der Waals surface area (Å²) in [5, 5.41) is 11.0. The molecule has 0 heterocycles. The van der Waals surface area contributed by atoms with E-state index in [0.717, 1.165) is 12.8 Å². The van der Waals surface area contributed by atoms with Crippen molar-refractivity contribution in [1.82, 2.24) is 5.32 Å². The number of nitrogens with one attached hydrogen (secondary N) is 1. The molecule has 0 radical (unpaired) electrons. The predicted molar refractivity (Wildman–Crippen MR) is 55.3 cm³/mol. The van der Waals surface area contributed by atoms with Crippen LogP contribution in [0.25, 0.3) is 0 Å². The van der Waals surface area contributed by atoms with Gasteiger partial charge >= 0.3 is 0 Å². The summed E-state index contributed by atoms with van der Waals surface area (Å²) in [5.74, 6) is 0.0612. The van der Waals surface area contributed by atoms with Crippen LogP contribution in [0.2, 0.25) is 0 Å². The first-order chi connectivity index (χ1) is 6.59. The van der Waals surface area contributed by atoms with Gasteiger partial charge in [0, 0.05) is 13.0 Å². The molecule has 0 saturated heterocycles. The van der Waals surface area contributed by atoms with E-state index in [4.69, 9.17) is 11.0 Å². The lowest BCUT2D eigenvalue weighted by molar-refractivity contribution is -0.123. The van der Waals surface area contributed by atoms with E-state index in [0.29, 0.717) is 13.0 Å². The summed E-state index contributed by atoms with van der Waals surface area (Å²) < 4.78 is 0. The van der Waals surface area contributed by atoms with Crippen molar-refractivity contribution in [3.05, 3.63) is 0 Å². The quantitative estimate of drug-likeness (QED) is 0.617. The van der Waals surface area contributed by atoms with Crippen LogP contribution in [-0.2, 0) is 4.79 Å². The number of amides is 1. The highest BCUT2D eigenvalue weighted by Crippen LogP contribution is 1.98. The second kappa shape index (κ2) is 7.34. The summed E-state index contributed by atoms with van der Waals surface area (Å²) in [5.41, 5.74) is 5.64. The van der Waals surface area contributed by atoms with Crippen molar-refractivity contribution in [2.45, 2.75) is 39.2 Å². The second-order valence-electron chi connectivity index (χ2n) is 3.68. The van der Waals surface area contributed by atoms with Crippen LogP contribution in [0.4, 0.5) is 0 Å². The van der Waals surface area contributed by atoms with E-state index < -0.39 is 6.04 Å². The molecule has 0 spiro atoms. The fourth-order valence-corrected chi connectivity index (χ4v) is 0.961. The Morgan fingerprint density at radius 1 is 1.50 bits per heavy atom. The van der Waals surface area contributed by atoms with Gasteiger partial charge in [-0.2, -0.15) is 5.26 Å². The van der Waals surface area contributed by atoms with Crippen LogP contribution in [0.15, 0.2) is 0 Å². The molecule has 3 N–H and O–H groups in total. The molecule has 0 bridgehead atoms. The van der Waals surface area contributed by atoms with Crippen LogP contribution in [0.3, 0.4) is 0 Å². The molecule has 1 unspecified atom stereocenters. The predicted octanol–water partition coefficient (Wildman–Crippen LogP) is 0.780. The molecule has 0 aromatic rings. The molecule has 1 atom stereocenters. The van der Waals surface area contributed by atoms with Gasteiger partial charge in [-0.25, -0.2) is 0 Å². The van der Waals surface area contributed by atoms with Gasteiger partial charge < -0.3 is 11.1 Å². The highest BCUT2D eigenvalue weighted by molar-refractivity contribution is 5.81. The smallest absolute Gasteiger partial charge is 0.237 e. The summed E-state index contributed by atoms with van der Waals surface area (Å²) in [4.78, 5) is 11.3. The zero-order valence-corrected chi connectivity index (χ0v) is 8.92. The van der Waals surface area contributed by atoms with Crippen molar-refractivity contribution in [3.63, 3.8) is 0 Å². The monoisotopic (exact) mass is 197 g/mol. The number of carbonyl (C=O) groups excluding carboxylic acids is 1. The highest BCUT2D eigenvalue weighted by Gasteiger charge is 2.15. The van der Waals surface area contributed by atoms with Crippen LogP contribution >= 0.6 is 0 Å². The molecule has 0 aliphatic rings. The first-order valence-corrected chi connectivity index (χ1v) is 4.99. The Kier molecular flexibility index (Phi) is 6.77. The third-order valence-corrected chi connectivity index (χ3v) is 2.04. The molecule has 80 valence electrons. The van der Waals surface area contributed by atoms with Crippen LogP contribution < -0.4 is 11.1 Å². The van der Waals surface area contributed by atoms with E-state index in [9.17, 15) is 4.79 Å². The molecule has 4 heteroatoms. The van der Waals surface area contributed by atoms with Crippen molar-refractivity contribution >= 4 is 5.91 Å². The Morgan fingerprint density at radius 3 is 2.64 bits per heavy atom. The summed E-state index contributed by atoms with van der Waals surface area (Å²) in [6.45, 7) is 4.45. The van der Waals surface area contributed by atoms with Crippen LogP contribution in [-0.4, -0.2) is 18.5 Å². The van der Waals surface area contributed by atoms with E-state index >= 15 is 0 Å². The molecular weight excluding hydrogens is 178 g/mol. The standard InChI is InChI=1S/C10H19N3O/c1-8(2)9(12)10(14)13-7-5-3-4-6-11/h8-9H,3-5,7,12H2,1-2H3,(H,13,14). The Labute approximate surface area is 85.5 Å². The molecule has 0 aliphatic carbocycles. The lowest BCUT2D eigenvalue weighted by Gasteiger charge is -2.14. The molecular formula is C10H19N3O. The van der Waals surface area contributed by atoms with Crippen molar-refractivity contribution in [2.75, 3.05) is 6.54 Å². The molecule has 0 fully saturated rings. The highest BCUT2D eigenvalue weighted by atomic mass is 16.2. The van der Waals surface area contributed by atoms with Crippen LogP contribution in [0.1, 0.15) is 33.1 Å². The lowest BCUT2D eigenvalue weighted by atomic mass is 10.1. The van der Waals surface area contributed by atoms with Crippen molar-refractivity contribution < 1.29 is 4.79 Å². The maximum Gasteiger partial charge on any atom is 0.237 e. The normalized spacial score (nSPS) is 12.2. The molecule has 4 nitrogen and oxygen atoms in total. The van der Waals surface area contributed by atoms with Crippen molar-refractivity contribution in [1.29, 1.82) is 5.26 Å². The van der Waals surface area contributed by atoms with Gasteiger partial charge in [-0.15, -0.1) is 0 Å². The van der Waals surface area contributed by atoms with E-state index in [2.05, 4.69) is 11.4 Å². The number of hydrogen-bond acceptors (Lipinski definition) is 3. The van der Waals surface area contributed by atoms with E-state index in [-0.39, 0.29) is 11.8 Å². The van der Waals surface area contributed by atoms with E-state index in [1.54, 1.807) is 0 Å². The lowest BCUT2D eigenvalue weighted by Crippen LogP contribution is -2.44. The number of carbonyl (C=O) groups is 1. The summed E-state index contributed by atoms with van der Waals surface area (Å²) >= 11 is 0. The van der Waals surface area contributed by atoms with Crippen molar-refractivity contribution in [3.8, 4) is 6.07 Å². The largest absolute Gasteiger partial charge is 0.355 e. The zero-order chi connectivity index (χ0) is 11.0. The average molecular weight is 197 g/mol. The Bertz CT molecular complexity index is 208. The Morgan fingerprint density at radius 2 is 2.14 bits per heavy atom. The molecule has 14 heavy (non-hydrogen) atoms. The minimum atomic E-state index is -0.425. The van der Waals surface area contributed by atoms with Gasteiger partial charge in [0.2, 0.25) is 5.91 Å². The van der Waals surface area contributed by atoms with Gasteiger partial charge in [0.15, 0.2) is 0 Å². The molecule has 0 aromatic carbocycles. The van der Waals surface area contributed by atoms with Crippen molar-refractivity contribution in [2.24, 2.45) is 11.7 Å². The molecule has 0 aliphatic heterocycles.